The van der Waals surface area contributed by atoms with Crippen LogP contribution < -0.4 is 15.8 Å². The lowest BCUT2D eigenvalue weighted by Gasteiger charge is -2.27. The number of H-pyrrole nitrogens is 1. The molecule has 3 aromatic heterocycles. The molecular weight excluding hydrogens is 506 g/mol. The fraction of sp³-hybridized carbons (Fsp3) is 0.355. The molecule has 1 fully saturated rings. The molecule has 0 atom stereocenters. The summed E-state index contributed by atoms with van der Waals surface area (Å²) in [6.45, 7) is 9.32. The number of ether oxygens (including phenoxy) is 1. The zero-order valence-electron chi connectivity index (χ0n) is 23.4. The summed E-state index contributed by atoms with van der Waals surface area (Å²) < 4.78 is 7.05. The van der Waals surface area contributed by atoms with Crippen molar-refractivity contribution in [2.24, 2.45) is 0 Å². The molecule has 5 rings (SSSR count). The Bertz CT molecular complexity index is 1620. The largest absolute Gasteiger partial charge is 0.370 e. The smallest absolute Gasteiger partial charge is 0.268 e. The SMILES string of the molecule is CCCc1cc(C)[nH]c(=O)c1CNC(=O)c1cc(-c2ccc(N3CCOCC3=O)cc2)cc2c(C(C)C)ncn12. The van der Waals surface area contributed by atoms with Crippen molar-refractivity contribution in [3.8, 4) is 11.1 Å². The standard InChI is InChI=1S/C31H35N5O4/c1-5-6-22-13-20(4)34-30(38)25(22)16-32-31(39)27-15-23(14-26-29(19(2)3)33-18-36(26)27)21-7-9-24(10-8-21)35-11-12-40-17-28(35)37/h7-10,13-15,18-19H,5-6,11-12,16-17H2,1-4H3,(H,32,39)(H,34,38). The van der Waals surface area contributed by atoms with E-state index in [9.17, 15) is 14.4 Å². The number of pyridine rings is 2. The summed E-state index contributed by atoms with van der Waals surface area (Å²) in [7, 11) is 0. The highest BCUT2D eigenvalue weighted by Crippen LogP contribution is 2.29. The third-order valence-corrected chi connectivity index (χ3v) is 7.26. The maximum atomic E-state index is 13.6. The number of anilines is 1. The molecule has 0 unspecified atom stereocenters. The van der Waals surface area contributed by atoms with Crippen LogP contribution in [-0.4, -0.2) is 45.9 Å². The van der Waals surface area contributed by atoms with Crippen molar-refractivity contribution >= 4 is 23.0 Å². The van der Waals surface area contributed by atoms with Crippen molar-refractivity contribution in [3.63, 3.8) is 0 Å². The summed E-state index contributed by atoms with van der Waals surface area (Å²) >= 11 is 0. The van der Waals surface area contributed by atoms with E-state index >= 15 is 0 Å². The number of aromatic amines is 1. The minimum absolute atomic E-state index is 0.0604. The summed E-state index contributed by atoms with van der Waals surface area (Å²) in [6, 6.07) is 13.6. The number of amides is 2. The molecule has 1 saturated heterocycles. The summed E-state index contributed by atoms with van der Waals surface area (Å²) in [6.07, 6.45) is 3.34. The third-order valence-electron chi connectivity index (χ3n) is 7.26. The van der Waals surface area contributed by atoms with E-state index in [4.69, 9.17) is 4.74 Å². The van der Waals surface area contributed by atoms with E-state index in [-0.39, 0.29) is 36.4 Å². The number of hydrogen-bond acceptors (Lipinski definition) is 5. The first-order chi connectivity index (χ1) is 19.3. The quantitative estimate of drug-likeness (QED) is 0.344. The average molecular weight is 542 g/mol. The van der Waals surface area contributed by atoms with Crippen molar-refractivity contribution in [2.45, 2.75) is 53.0 Å². The van der Waals surface area contributed by atoms with Gasteiger partial charge in [-0.2, -0.15) is 0 Å². The van der Waals surface area contributed by atoms with Gasteiger partial charge in [0, 0.05) is 30.0 Å². The molecular formula is C31H35N5O4. The lowest BCUT2D eigenvalue weighted by atomic mass is 10.0. The monoisotopic (exact) mass is 541 g/mol. The van der Waals surface area contributed by atoms with Crippen molar-refractivity contribution in [1.82, 2.24) is 19.7 Å². The maximum absolute atomic E-state index is 13.6. The van der Waals surface area contributed by atoms with Gasteiger partial charge in [0.1, 0.15) is 18.6 Å². The molecule has 9 nitrogen and oxygen atoms in total. The van der Waals surface area contributed by atoms with E-state index in [1.165, 1.54) is 0 Å². The Hall–Kier alpha value is -4.24. The number of carbonyl (C=O) groups is 2. The lowest BCUT2D eigenvalue weighted by molar-refractivity contribution is -0.125. The van der Waals surface area contributed by atoms with Crippen LogP contribution in [0.25, 0.3) is 16.6 Å². The van der Waals surface area contributed by atoms with Gasteiger partial charge in [0.2, 0.25) is 0 Å². The van der Waals surface area contributed by atoms with Gasteiger partial charge in [0.25, 0.3) is 17.4 Å². The molecule has 208 valence electrons. The highest BCUT2D eigenvalue weighted by molar-refractivity contribution is 5.96. The van der Waals surface area contributed by atoms with Gasteiger partial charge in [0.15, 0.2) is 0 Å². The van der Waals surface area contributed by atoms with Crippen LogP contribution in [0.15, 0.2) is 53.6 Å². The van der Waals surface area contributed by atoms with E-state index < -0.39 is 0 Å². The van der Waals surface area contributed by atoms with Crippen molar-refractivity contribution in [3.05, 3.63) is 87.4 Å². The summed E-state index contributed by atoms with van der Waals surface area (Å²) in [5, 5.41) is 2.98. The first kappa shape index (κ1) is 27.3. The number of nitrogens with zero attached hydrogens (tertiary/aromatic N) is 3. The highest BCUT2D eigenvalue weighted by Gasteiger charge is 2.21. The Labute approximate surface area is 233 Å². The zero-order chi connectivity index (χ0) is 28.4. The highest BCUT2D eigenvalue weighted by atomic mass is 16.5. The zero-order valence-corrected chi connectivity index (χ0v) is 23.4. The molecule has 2 amide bonds. The Morgan fingerprint density at radius 2 is 1.90 bits per heavy atom. The fourth-order valence-electron chi connectivity index (χ4n) is 5.25. The van der Waals surface area contributed by atoms with Gasteiger partial charge >= 0.3 is 0 Å². The minimum atomic E-state index is -0.294. The van der Waals surface area contributed by atoms with Crippen LogP contribution in [0.1, 0.15) is 66.1 Å². The van der Waals surface area contributed by atoms with Gasteiger partial charge in [-0.15, -0.1) is 0 Å². The van der Waals surface area contributed by atoms with Gasteiger partial charge in [0.05, 0.1) is 17.8 Å². The van der Waals surface area contributed by atoms with E-state index in [0.717, 1.165) is 52.1 Å². The van der Waals surface area contributed by atoms with E-state index in [1.807, 2.05) is 49.4 Å². The number of carbonyl (C=O) groups excluding carboxylic acids is 2. The van der Waals surface area contributed by atoms with Crippen LogP contribution >= 0.6 is 0 Å². The molecule has 2 N–H and O–H groups in total. The Kier molecular flexibility index (Phi) is 7.84. The second-order valence-corrected chi connectivity index (χ2v) is 10.5. The Morgan fingerprint density at radius 3 is 2.60 bits per heavy atom. The van der Waals surface area contributed by atoms with Crippen LogP contribution in [0.5, 0.6) is 0 Å². The summed E-state index contributed by atoms with van der Waals surface area (Å²) in [5.41, 5.74) is 6.93. The van der Waals surface area contributed by atoms with Crippen LogP contribution in [0.2, 0.25) is 0 Å². The number of aromatic nitrogens is 3. The minimum Gasteiger partial charge on any atom is -0.370 e. The van der Waals surface area contributed by atoms with Crippen molar-refractivity contribution < 1.29 is 14.3 Å². The van der Waals surface area contributed by atoms with E-state index in [0.29, 0.717) is 24.4 Å². The maximum Gasteiger partial charge on any atom is 0.268 e. The molecule has 0 saturated carbocycles. The van der Waals surface area contributed by atoms with E-state index in [1.54, 1.807) is 15.6 Å². The molecule has 40 heavy (non-hydrogen) atoms. The molecule has 1 aliphatic rings. The number of aryl methyl sites for hydroxylation is 2. The molecule has 0 bridgehead atoms. The Balaban J connectivity index is 1.49. The number of rotatable bonds is 8. The Morgan fingerprint density at radius 1 is 1.12 bits per heavy atom. The first-order valence-corrected chi connectivity index (χ1v) is 13.8. The van der Waals surface area contributed by atoms with Crippen molar-refractivity contribution in [1.29, 1.82) is 0 Å². The van der Waals surface area contributed by atoms with Crippen LogP contribution in [0, 0.1) is 6.92 Å². The molecule has 9 heteroatoms. The number of benzene rings is 1. The summed E-state index contributed by atoms with van der Waals surface area (Å²) in [5.74, 6) is -0.194. The van der Waals surface area contributed by atoms with Gasteiger partial charge in [-0.1, -0.05) is 39.3 Å². The molecule has 0 spiro atoms. The predicted molar refractivity (Wildman–Crippen MR) is 155 cm³/mol. The second-order valence-electron chi connectivity index (χ2n) is 10.5. The lowest BCUT2D eigenvalue weighted by Crippen LogP contribution is -2.41. The van der Waals surface area contributed by atoms with Gasteiger partial charge < -0.3 is 19.9 Å². The van der Waals surface area contributed by atoms with Crippen molar-refractivity contribution in [2.75, 3.05) is 24.7 Å². The fourth-order valence-corrected chi connectivity index (χ4v) is 5.25. The number of fused-ring (bicyclic) bond motifs is 1. The third kappa shape index (κ3) is 5.42. The van der Waals surface area contributed by atoms with Gasteiger partial charge in [-0.3, -0.25) is 18.8 Å². The van der Waals surface area contributed by atoms with Gasteiger partial charge in [-0.25, -0.2) is 4.98 Å². The van der Waals surface area contributed by atoms with Crippen LogP contribution in [0.3, 0.4) is 0 Å². The molecule has 0 radical (unpaired) electrons. The molecule has 4 aromatic rings. The summed E-state index contributed by atoms with van der Waals surface area (Å²) in [4.78, 5) is 47.8. The normalized spacial score (nSPS) is 13.8. The number of nitrogens with one attached hydrogen (secondary N) is 2. The number of imidazole rings is 1. The molecule has 1 aliphatic heterocycles. The number of hydrogen-bond donors (Lipinski definition) is 2. The molecule has 4 heterocycles. The number of morpholine rings is 1. The average Bonchev–Trinajstić information content (AvgIpc) is 3.37. The van der Waals surface area contributed by atoms with Gasteiger partial charge in [-0.05, 0) is 66.3 Å². The predicted octanol–water partition coefficient (Wildman–Crippen LogP) is 4.37. The van der Waals surface area contributed by atoms with Crippen LogP contribution in [-0.2, 0) is 22.5 Å². The van der Waals surface area contributed by atoms with E-state index in [2.05, 4.69) is 36.1 Å². The van der Waals surface area contributed by atoms with Crippen LogP contribution in [0.4, 0.5) is 5.69 Å². The first-order valence-electron chi connectivity index (χ1n) is 13.8. The molecule has 1 aromatic carbocycles. The second kappa shape index (κ2) is 11.5. The molecule has 0 aliphatic carbocycles. The topological polar surface area (TPSA) is 109 Å².